The number of halogens is 1. The van der Waals surface area contributed by atoms with Crippen LogP contribution >= 0.6 is 0 Å². The molecule has 0 atom stereocenters. The molecule has 2 nitrogen and oxygen atoms in total. The van der Waals surface area contributed by atoms with E-state index in [1.54, 1.807) is 18.2 Å². The van der Waals surface area contributed by atoms with Gasteiger partial charge in [-0.2, -0.15) is 0 Å². The van der Waals surface area contributed by atoms with Gasteiger partial charge in [0.1, 0.15) is 12.3 Å². The first kappa shape index (κ1) is 7.16. The van der Waals surface area contributed by atoms with Crippen LogP contribution in [0.4, 0.5) is 10.1 Å². The number of rotatable bonds is 1. The van der Waals surface area contributed by atoms with Crippen molar-refractivity contribution in [3.63, 3.8) is 0 Å². The Morgan fingerprint density at radius 1 is 1.42 bits per heavy atom. The van der Waals surface area contributed by atoms with Gasteiger partial charge in [0.05, 0.1) is 6.26 Å². The quantitative estimate of drug-likeness (QED) is 0.659. The Bertz CT molecular complexity index is 408. The SMILES string of the molecule is Nc1cccc2occ(CF)c12. The molecule has 2 rings (SSSR count). The number of benzene rings is 1. The van der Waals surface area contributed by atoms with Crippen LogP contribution in [0.2, 0.25) is 0 Å². The first-order valence-corrected chi connectivity index (χ1v) is 3.63. The van der Waals surface area contributed by atoms with Crippen molar-refractivity contribution in [2.24, 2.45) is 0 Å². The van der Waals surface area contributed by atoms with Crippen molar-refractivity contribution in [3.05, 3.63) is 30.0 Å². The van der Waals surface area contributed by atoms with Gasteiger partial charge >= 0.3 is 0 Å². The summed E-state index contributed by atoms with van der Waals surface area (Å²) in [6.45, 7) is -0.540. The Morgan fingerprint density at radius 2 is 2.25 bits per heavy atom. The van der Waals surface area contributed by atoms with Crippen molar-refractivity contribution >= 4 is 16.7 Å². The third kappa shape index (κ3) is 0.863. The van der Waals surface area contributed by atoms with Crippen molar-refractivity contribution in [2.45, 2.75) is 6.67 Å². The summed E-state index contributed by atoms with van der Waals surface area (Å²) in [7, 11) is 0. The molecular weight excluding hydrogens is 157 g/mol. The van der Waals surface area contributed by atoms with E-state index in [0.29, 0.717) is 22.2 Å². The normalized spacial score (nSPS) is 10.8. The minimum atomic E-state index is -0.540. The van der Waals surface area contributed by atoms with Crippen LogP contribution in [-0.2, 0) is 6.67 Å². The molecule has 1 heterocycles. The molecule has 0 saturated heterocycles. The molecule has 1 aromatic carbocycles. The zero-order valence-corrected chi connectivity index (χ0v) is 6.38. The van der Waals surface area contributed by atoms with Gasteiger partial charge in [-0.1, -0.05) is 6.07 Å². The van der Waals surface area contributed by atoms with Gasteiger partial charge in [-0.25, -0.2) is 4.39 Å². The summed E-state index contributed by atoms with van der Waals surface area (Å²) < 4.78 is 17.5. The Kier molecular flexibility index (Phi) is 1.50. The molecule has 0 bridgehead atoms. The Hall–Kier alpha value is -1.51. The number of hydrogen-bond donors (Lipinski definition) is 1. The van der Waals surface area contributed by atoms with Crippen molar-refractivity contribution in [1.82, 2.24) is 0 Å². The van der Waals surface area contributed by atoms with Gasteiger partial charge in [-0.15, -0.1) is 0 Å². The fraction of sp³-hybridized carbons (Fsp3) is 0.111. The van der Waals surface area contributed by atoms with E-state index in [1.807, 2.05) is 0 Å². The molecule has 62 valence electrons. The third-order valence-corrected chi connectivity index (χ3v) is 1.85. The maximum Gasteiger partial charge on any atom is 0.136 e. The first-order chi connectivity index (χ1) is 5.83. The number of hydrogen-bond acceptors (Lipinski definition) is 2. The van der Waals surface area contributed by atoms with Gasteiger partial charge in [0.25, 0.3) is 0 Å². The number of furan rings is 1. The Balaban J connectivity index is 2.83. The number of nitrogen functional groups attached to an aromatic ring is 1. The van der Waals surface area contributed by atoms with Crippen LogP contribution < -0.4 is 5.73 Å². The van der Waals surface area contributed by atoms with E-state index >= 15 is 0 Å². The van der Waals surface area contributed by atoms with Gasteiger partial charge in [0.2, 0.25) is 0 Å². The van der Waals surface area contributed by atoms with Crippen LogP contribution in [0, 0.1) is 0 Å². The fourth-order valence-corrected chi connectivity index (χ4v) is 1.28. The summed E-state index contributed by atoms with van der Waals surface area (Å²) in [5.41, 5.74) is 7.37. The van der Waals surface area contributed by atoms with Crippen molar-refractivity contribution in [1.29, 1.82) is 0 Å². The molecule has 0 spiro atoms. The number of alkyl halides is 1. The highest BCUT2D eigenvalue weighted by molar-refractivity contribution is 5.92. The van der Waals surface area contributed by atoms with Crippen molar-refractivity contribution < 1.29 is 8.81 Å². The van der Waals surface area contributed by atoms with Crippen LogP contribution in [0.1, 0.15) is 5.56 Å². The molecule has 0 aliphatic carbocycles. The van der Waals surface area contributed by atoms with Gasteiger partial charge in [-0.3, -0.25) is 0 Å². The molecule has 3 heteroatoms. The van der Waals surface area contributed by atoms with E-state index in [4.69, 9.17) is 10.2 Å². The minimum absolute atomic E-state index is 0.517. The lowest BCUT2D eigenvalue weighted by atomic mass is 10.1. The minimum Gasteiger partial charge on any atom is -0.464 e. The summed E-state index contributed by atoms with van der Waals surface area (Å²) in [4.78, 5) is 0. The smallest absolute Gasteiger partial charge is 0.136 e. The van der Waals surface area contributed by atoms with E-state index in [2.05, 4.69) is 0 Å². The summed E-state index contributed by atoms with van der Waals surface area (Å²) in [5.74, 6) is 0. The summed E-state index contributed by atoms with van der Waals surface area (Å²) in [5, 5.41) is 0.694. The summed E-state index contributed by atoms with van der Waals surface area (Å²) in [6, 6.07) is 5.28. The maximum absolute atomic E-state index is 12.4. The van der Waals surface area contributed by atoms with Crippen molar-refractivity contribution in [2.75, 3.05) is 5.73 Å². The van der Waals surface area contributed by atoms with Gasteiger partial charge in [-0.05, 0) is 12.1 Å². The summed E-state index contributed by atoms with van der Waals surface area (Å²) >= 11 is 0. The van der Waals surface area contributed by atoms with E-state index in [0.717, 1.165) is 0 Å². The van der Waals surface area contributed by atoms with Crippen molar-refractivity contribution in [3.8, 4) is 0 Å². The third-order valence-electron chi connectivity index (χ3n) is 1.85. The van der Waals surface area contributed by atoms with E-state index < -0.39 is 6.67 Å². The summed E-state index contributed by atoms with van der Waals surface area (Å²) in [6.07, 6.45) is 1.40. The molecule has 1 aromatic heterocycles. The Morgan fingerprint density at radius 3 is 3.00 bits per heavy atom. The number of fused-ring (bicyclic) bond motifs is 1. The van der Waals surface area contributed by atoms with E-state index in [-0.39, 0.29) is 0 Å². The molecule has 0 saturated carbocycles. The van der Waals surface area contributed by atoms with Crippen LogP contribution in [0.25, 0.3) is 11.0 Å². The van der Waals surface area contributed by atoms with Gasteiger partial charge in [0, 0.05) is 16.6 Å². The molecule has 0 aliphatic rings. The maximum atomic E-state index is 12.4. The molecule has 2 aromatic rings. The zero-order chi connectivity index (χ0) is 8.55. The van der Waals surface area contributed by atoms with Crippen LogP contribution in [0.3, 0.4) is 0 Å². The van der Waals surface area contributed by atoms with Crippen LogP contribution in [-0.4, -0.2) is 0 Å². The predicted molar refractivity (Wildman–Crippen MR) is 45.4 cm³/mol. The standard InChI is InChI=1S/C9H8FNO/c10-4-6-5-12-8-3-1-2-7(11)9(6)8/h1-3,5H,4,11H2. The fourth-order valence-electron chi connectivity index (χ4n) is 1.28. The van der Waals surface area contributed by atoms with Crippen LogP contribution in [0.15, 0.2) is 28.9 Å². The second-order valence-corrected chi connectivity index (χ2v) is 2.61. The topological polar surface area (TPSA) is 39.2 Å². The van der Waals surface area contributed by atoms with Gasteiger partial charge in [0.15, 0.2) is 0 Å². The number of anilines is 1. The number of nitrogens with two attached hydrogens (primary N) is 1. The molecule has 0 aliphatic heterocycles. The molecular formula is C9H8FNO. The highest BCUT2D eigenvalue weighted by Crippen LogP contribution is 2.26. The highest BCUT2D eigenvalue weighted by atomic mass is 19.1. The van der Waals surface area contributed by atoms with Gasteiger partial charge < -0.3 is 10.2 Å². The average Bonchev–Trinajstić information content (AvgIpc) is 2.49. The highest BCUT2D eigenvalue weighted by Gasteiger charge is 2.07. The first-order valence-electron chi connectivity index (χ1n) is 3.63. The molecule has 0 unspecified atom stereocenters. The molecule has 0 radical (unpaired) electrons. The molecule has 12 heavy (non-hydrogen) atoms. The van der Waals surface area contributed by atoms with Crippen LogP contribution in [0.5, 0.6) is 0 Å². The molecule has 0 amide bonds. The van der Waals surface area contributed by atoms with E-state index in [1.165, 1.54) is 6.26 Å². The lowest BCUT2D eigenvalue weighted by Crippen LogP contribution is -1.86. The largest absolute Gasteiger partial charge is 0.464 e. The Labute approximate surface area is 68.8 Å². The lowest BCUT2D eigenvalue weighted by molar-refractivity contribution is 0.480. The molecule has 2 N–H and O–H groups in total. The monoisotopic (exact) mass is 165 g/mol. The predicted octanol–water partition coefficient (Wildman–Crippen LogP) is 2.48. The second-order valence-electron chi connectivity index (χ2n) is 2.61. The molecule has 0 fully saturated rings. The average molecular weight is 165 g/mol. The van der Waals surface area contributed by atoms with E-state index in [9.17, 15) is 4.39 Å². The second kappa shape index (κ2) is 2.52. The zero-order valence-electron chi connectivity index (χ0n) is 6.38. The lowest BCUT2D eigenvalue weighted by Gasteiger charge is -1.94.